The Kier molecular flexibility index (Phi) is 9.50. The minimum atomic E-state index is 1.08. The van der Waals surface area contributed by atoms with Crippen LogP contribution in [0, 0.1) is 0 Å². The molecule has 0 bridgehead atoms. The highest BCUT2D eigenvalue weighted by Crippen LogP contribution is 2.42. The number of benzene rings is 11. The van der Waals surface area contributed by atoms with E-state index in [9.17, 15) is 0 Å². The van der Waals surface area contributed by atoms with E-state index in [1.807, 2.05) is 0 Å². The third-order valence-corrected chi connectivity index (χ3v) is 12.8. The van der Waals surface area contributed by atoms with Crippen LogP contribution in [0.3, 0.4) is 0 Å². The SMILES string of the molecule is c1ccc(-c2ccc(N(c3ccc(-c4ccc(-n5c6ccc7ccccc7c6c6c7ccccc7ccc65)cc4)cc3)c3ccc(N(c4ccccc4)c4ccccc4)cc3)cc2)cc1. The Hall–Kier alpha value is -8.66. The van der Waals surface area contributed by atoms with Crippen molar-refractivity contribution >= 4 is 77.5 Å². The van der Waals surface area contributed by atoms with Gasteiger partial charge in [0.25, 0.3) is 0 Å². The van der Waals surface area contributed by atoms with Crippen LogP contribution in [0.1, 0.15) is 0 Å². The van der Waals surface area contributed by atoms with Crippen LogP contribution in [-0.4, -0.2) is 4.57 Å². The molecule has 0 saturated heterocycles. The summed E-state index contributed by atoms with van der Waals surface area (Å²) in [6.07, 6.45) is 0. The molecule has 0 spiro atoms. The molecule has 0 aliphatic rings. The van der Waals surface area contributed by atoms with E-state index < -0.39 is 0 Å². The van der Waals surface area contributed by atoms with E-state index in [1.54, 1.807) is 0 Å². The minimum Gasteiger partial charge on any atom is -0.311 e. The molecule has 0 N–H and O–H groups in total. The topological polar surface area (TPSA) is 11.4 Å². The molecule has 1 aromatic heterocycles. The summed E-state index contributed by atoms with van der Waals surface area (Å²) in [6, 6.07) is 94.1. The van der Waals surface area contributed by atoms with Gasteiger partial charge in [-0.3, -0.25) is 0 Å². The predicted molar refractivity (Wildman–Crippen MR) is 276 cm³/mol. The highest BCUT2D eigenvalue weighted by molar-refractivity contribution is 6.28. The number of aromatic nitrogens is 1. The molecule has 0 atom stereocenters. The van der Waals surface area contributed by atoms with Crippen molar-refractivity contribution in [2.24, 2.45) is 0 Å². The smallest absolute Gasteiger partial charge is 0.0547 e. The van der Waals surface area contributed by atoms with Crippen molar-refractivity contribution in [3.8, 4) is 27.9 Å². The van der Waals surface area contributed by atoms with Crippen molar-refractivity contribution in [2.75, 3.05) is 9.80 Å². The number of fused-ring (bicyclic) bond motifs is 7. The molecular weight excluding hydrogens is 787 g/mol. The molecule has 306 valence electrons. The maximum absolute atomic E-state index is 2.43. The number of hydrogen-bond donors (Lipinski definition) is 0. The molecular formula is C62H43N3. The second-order valence-corrected chi connectivity index (χ2v) is 16.6. The van der Waals surface area contributed by atoms with Gasteiger partial charge in [0.1, 0.15) is 0 Å². The first-order chi connectivity index (χ1) is 32.2. The van der Waals surface area contributed by atoms with E-state index in [1.165, 1.54) is 60.0 Å². The molecule has 3 heteroatoms. The summed E-state index contributed by atoms with van der Waals surface area (Å²) in [7, 11) is 0. The van der Waals surface area contributed by atoms with Crippen LogP contribution in [0.15, 0.2) is 261 Å². The predicted octanol–water partition coefficient (Wildman–Crippen LogP) is 17.4. The van der Waals surface area contributed by atoms with Crippen molar-refractivity contribution in [1.29, 1.82) is 0 Å². The van der Waals surface area contributed by atoms with Crippen molar-refractivity contribution in [3.05, 3.63) is 261 Å². The van der Waals surface area contributed by atoms with Crippen molar-refractivity contribution in [2.45, 2.75) is 0 Å². The standard InChI is InChI=1S/C62H43N3/c1-4-14-44(15-5-1)45-24-32-52(33-25-45)64(55-40-38-54(39-41-55)63(50-18-6-2-7-19-50)51-20-8-3-9-21-51)53-34-26-46(27-35-53)47-28-36-56(37-29-47)65-59-42-30-48-16-10-12-22-57(48)61(59)62-58-23-13-11-17-49(58)31-43-60(62)65/h1-43H. The van der Waals surface area contributed by atoms with Gasteiger partial charge >= 0.3 is 0 Å². The van der Waals surface area contributed by atoms with E-state index in [0.717, 1.165) is 45.4 Å². The Morgan fingerprint density at radius 1 is 0.231 bits per heavy atom. The molecule has 0 radical (unpaired) electrons. The molecule has 12 rings (SSSR count). The second kappa shape index (κ2) is 16.2. The number of rotatable bonds is 9. The Morgan fingerprint density at radius 3 is 0.954 bits per heavy atom. The van der Waals surface area contributed by atoms with E-state index in [2.05, 4.69) is 275 Å². The summed E-state index contributed by atoms with van der Waals surface area (Å²) in [5, 5.41) is 7.66. The Labute approximate surface area is 378 Å². The molecule has 3 nitrogen and oxygen atoms in total. The number of nitrogens with zero attached hydrogens (tertiary/aromatic N) is 3. The van der Waals surface area contributed by atoms with Crippen molar-refractivity contribution in [1.82, 2.24) is 4.57 Å². The van der Waals surface area contributed by atoms with Gasteiger partial charge in [-0.05, 0) is 141 Å². The summed E-state index contributed by atoms with van der Waals surface area (Å²) in [4.78, 5) is 4.64. The van der Waals surface area contributed by atoms with Gasteiger partial charge in [-0.2, -0.15) is 0 Å². The summed E-state index contributed by atoms with van der Waals surface area (Å²) >= 11 is 0. The van der Waals surface area contributed by atoms with Crippen LogP contribution in [0.4, 0.5) is 34.1 Å². The normalized spacial score (nSPS) is 11.4. The van der Waals surface area contributed by atoms with E-state index in [0.29, 0.717) is 0 Å². The van der Waals surface area contributed by atoms with Gasteiger partial charge in [0.2, 0.25) is 0 Å². The first kappa shape index (κ1) is 38.0. The van der Waals surface area contributed by atoms with Crippen molar-refractivity contribution < 1.29 is 0 Å². The fourth-order valence-electron chi connectivity index (χ4n) is 9.66. The lowest BCUT2D eigenvalue weighted by atomic mass is 10.00. The van der Waals surface area contributed by atoms with Crippen LogP contribution in [-0.2, 0) is 0 Å². The quantitative estimate of drug-likeness (QED) is 0.144. The lowest BCUT2D eigenvalue weighted by molar-refractivity contribution is 1.18. The molecule has 0 amide bonds. The molecule has 11 aromatic carbocycles. The largest absolute Gasteiger partial charge is 0.311 e. The van der Waals surface area contributed by atoms with Gasteiger partial charge in [0, 0.05) is 50.6 Å². The van der Waals surface area contributed by atoms with Crippen LogP contribution in [0.5, 0.6) is 0 Å². The zero-order chi connectivity index (χ0) is 43.1. The van der Waals surface area contributed by atoms with Crippen LogP contribution in [0.2, 0.25) is 0 Å². The summed E-state index contributed by atoms with van der Waals surface area (Å²) in [6.45, 7) is 0. The zero-order valence-corrected chi connectivity index (χ0v) is 35.7. The van der Waals surface area contributed by atoms with E-state index >= 15 is 0 Å². The first-order valence-electron chi connectivity index (χ1n) is 22.3. The highest BCUT2D eigenvalue weighted by Gasteiger charge is 2.19. The zero-order valence-electron chi connectivity index (χ0n) is 35.7. The van der Waals surface area contributed by atoms with Gasteiger partial charge in [-0.15, -0.1) is 0 Å². The second-order valence-electron chi connectivity index (χ2n) is 16.6. The summed E-state index contributed by atoms with van der Waals surface area (Å²) < 4.78 is 2.43. The first-order valence-corrected chi connectivity index (χ1v) is 22.3. The Balaban J connectivity index is 0.910. The number of anilines is 6. The Bertz CT molecular complexity index is 3470. The Morgan fingerprint density at radius 2 is 0.538 bits per heavy atom. The minimum absolute atomic E-state index is 1.08. The summed E-state index contributed by atoms with van der Waals surface area (Å²) in [5.41, 5.74) is 14.8. The summed E-state index contributed by atoms with van der Waals surface area (Å²) in [5.74, 6) is 0. The average Bonchev–Trinajstić information content (AvgIpc) is 3.74. The van der Waals surface area contributed by atoms with E-state index in [4.69, 9.17) is 0 Å². The highest BCUT2D eigenvalue weighted by atomic mass is 15.2. The molecule has 0 unspecified atom stereocenters. The average molecular weight is 830 g/mol. The number of para-hydroxylation sites is 2. The molecule has 0 fully saturated rings. The maximum Gasteiger partial charge on any atom is 0.0547 e. The fraction of sp³-hybridized carbons (Fsp3) is 0. The molecule has 0 aliphatic carbocycles. The molecule has 12 aromatic rings. The van der Waals surface area contributed by atoms with Gasteiger partial charge in [0.05, 0.1) is 11.0 Å². The molecule has 0 aliphatic heterocycles. The van der Waals surface area contributed by atoms with Crippen LogP contribution >= 0.6 is 0 Å². The lowest BCUT2D eigenvalue weighted by Gasteiger charge is -2.28. The van der Waals surface area contributed by atoms with Crippen molar-refractivity contribution in [3.63, 3.8) is 0 Å². The van der Waals surface area contributed by atoms with Crippen LogP contribution < -0.4 is 9.80 Å². The van der Waals surface area contributed by atoms with Gasteiger partial charge < -0.3 is 14.4 Å². The number of hydrogen-bond acceptors (Lipinski definition) is 2. The molecule has 1 heterocycles. The fourth-order valence-corrected chi connectivity index (χ4v) is 9.66. The maximum atomic E-state index is 2.43. The van der Waals surface area contributed by atoms with Gasteiger partial charge in [0.15, 0.2) is 0 Å². The molecule has 65 heavy (non-hydrogen) atoms. The third kappa shape index (κ3) is 6.87. The van der Waals surface area contributed by atoms with Crippen LogP contribution in [0.25, 0.3) is 71.3 Å². The molecule has 0 saturated carbocycles. The van der Waals surface area contributed by atoms with E-state index in [-0.39, 0.29) is 0 Å². The van der Waals surface area contributed by atoms with Gasteiger partial charge in [-0.1, -0.05) is 164 Å². The van der Waals surface area contributed by atoms with Gasteiger partial charge in [-0.25, -0.2) is 0 Å². The monoisotopic (exact) mass is 829 g/mol. The lowest BCUT2D eigenvalue weighted by Crippen LogP contribution is -2.12. The third-order valence-electron chi connectivity index (χ3n) is 12.8.